The number of fused-ring (bicyclic) bond motifs is 2. The van der Waals surface area contributed by atoms with Crippen molar-refractivity contribution in [2.24, 2.45) is 12.5 Å². The van der Waals surface area contributed by atoms with E-state index < -0.39 is 0 Å². The Kier molecular flexibility index (Phi) is 4.19. The number of aromatic nitrogens is 1. The average Bonchev–Trinajstić information content (AvgIpc) is 3.20. The number of rotatable bonds is 4. The molecular formula is C21H24N2O3. The minimum atomic E-state index is -0.277. The van der Waals surface area contributed by atoms with Crippen LogP contribution in [0.2, 0.25) is 0 Å². The summed E-state index contributed by atoms with van der Waals surface area (Å²) in [6.45, 7) is 0.0834. The van der Waals surface area contributed by atoms with E-state index in [0.717, 1.165) is 25.7 Å². The minimum Gasteiger partial charge on any atom is -0.396 e. The molecule has 1 aromatic carbocycles. The fraction of sp³-hybridized carbons (Fsp3) is 0.429. The SMILES string of the molecule is Cn1cc(C(=O)N2[C@@H]3CC[C@H]2[C@](CO)(Cc2ccccc2)C3)ccc1=O. The monoisotopic (exact) mass is 352 g/mol. The molecule has 2 aliphatic heterocycles. The van der Waals surface area contributed by atoms with Crippen molar-refractivity contribution in [2.45, 2.75) is 37.8 Å². The fourth-order valence-corrected chi connectivity index (χ4v) is 4.88. The molecule has 0 unspecified atom stereocenters. The van der Waals surface area contributed by atoms with Gasteiger partial charge in [0.25, 0.3) is 5.91 Å². The number of hydrogen-bond donors (Lipinski definition) is 1. The van der Waals surface area contributed by atoms with E-state index in [1.165, 1.54) is 16.2 Å². The summed E-state index contributed by atoms with van der Waals surface area (Å²) in [4.78, 5) is 26.7. The Bertz CT molecular complexity index is 876. The van der Waals surface area contributed by atoms with E-state index in [2.05, 4.69) is 12.1 Å². The van der Waals surface area contributed by atoms with Gasteiger partial charge in [0.1, 0.15) is 0 Å². The number of nitrogens with zero attached hydrogens (tertiary/aromatic N) is 2. The van der Waals surface area contributed by atoms with Crippen molar-refractivity contribution in [2.75, 3.05) is 6.61 Å². The van der Waals surface area contributed by atoms with Crippen LogP contribution < -0.4 is 5.56 Å². The van der Waals surface area contributed by atoms with Crippen molar-refractivity contribution in [3.63, 3.8) is 0 Å². The third kappa shape index (κ3) is 2.67. The third-order valence-electron chi connectivity index (χ3n) is 6.13. The Morgan fingerprint density at radius 1 is 1.19 bits per heavy atom. The summed E-state index contributed by atoms with van der Waals surface area (Å²) in [5, 5.41) is 10.3. The zero-order valence-corrected chi connectivity index (χ0v) is 15.0. The average molecular weight is 352 g/mol. The molecule has 4 rings (SSSR count). The van der Waals surface area contributed by atoms with Gasteiger partial charge in [0.05, 0.1) is 12.2 Å². The van der Waals surface area contributed by atoms with E-state index in [1.807, 2.05) is 23.1 Å². The van der Waals surface area contributed by atoms with Gasteiger partial charge in [0.15, 0.2) is 0 Å². The van der Waals surface area contributed by atoms with E-state index in [0.29, 0.717) is 5.56 Å². The highest BCUT2D eigenvalue weighted by Gasteiger charge is 2.57. The van der Waals surface area contributed by atoms with Gasteiger partial charge in [-0.15, -0.1) is 0 Å². The highest BCUT2D eigenvalue weighted by Crippen LogP contribution is 2.51. The first-order valence-electron chi connectivity index (χ1n) is 9.18. The Balaban J connectivity index is 1.63. The normalized spacial score (nSPS) is 27.1. The zero-order valence-electron chi connectivity index (χ0n) is 15.0. The van der Waals surface area contributed by atoms with E-state index >= 15 is 0 Å². The van der Waals surface area contributed by atoms with Crippen molar-refractivity contribution in [1.82, 2.24) is 9.47 Å². The Hall–Kier alpha value is -2.40. The van der Waals surface area contributed by atoms with Gasteiger partial charge in [-0.25, -0.2) is 0 Å². The van der Waals surface area contributed by atoms with Crippen LogP contribution in [0.5, 0.6) is 0 Å². The summed E-state index contributed by atoms with van der Waals surface area (Å²) in [7, 11) is 1.66. The van der Waals surface area contributed by atoms with Gasteiger partial charge in [0, 0.05) is 36.8 Å². The summed E-state index contributed by atoms with van der Waals surface area (Å²) < 4.78 is 1.44. The van der Waals surface area contributed by atoms with Crippen LogP contribution in [0.1, 0.15) is 35.2 Å². The minimum absolute atomic E-state index is 0.0310. The van der Waals surface area contributed by atoms with Gasteiger partial charge >= 0.3 is 0 Å². The predicted octanol–water partition coefficient (Wildman–Crippen LogP) is 1.98. The molecule has 5 heteroatoms. The summed E-state index contributed by atoms with van der Waals surface area (Å²) in [6, 6.07) is 13.5. The van der Waals surface area contributed by atoms with Gasteiger partial charge in [-0.1, -0.05) is 30.3 Å². The van der Waals surface area contributed by atoms with Crippen LogP contribution in [0.4, 0.5) is 0 Å². The van der Waals surface area contributed by atoms with Gasteiger partial charge in [-0.3, -0.25) is 9.59 Å². The number of benzene rings is 1. The van der Waals surface area contributed by atoms with Crippen molar-refractivity contribution >= 4 is 5.91 Å². The lowest BCUT2D eigenvalue weighted by atomic mass is 9.70. The number of carbonyl (C=O) groups excluding carboxylic acids is 1. The maximum Gasteiger partial charge on any atom is 0.255 e. The number of amides is 1. The van der Waals surface area contributed by atoms with Crippen molar-refractivity contribution in [1.29, 1.82) is 0 Å². The highest BCUT2D eigenvalue weighted by molar-refractivity contribution is 5.94. The molecule has 136 valence electrons. The molecule has 2 saturated heterocycles. The van der Waals surface area contributed by atoms with E-state index in [9.17, 15) is 14.7 Å². The van der Waals surface area contributed by atoms with Crippen LogP contribution in [0.3, 0.4) is 0 Å². The second-order valence-electron chi connectivity index (χ2n) is 7.71. The topological polar surface area (TPSA) is 62.5 Å². The summed E-state index contributed by atoms with van der Waals surface area (Å²) in [5.41, 5.74) is 1.33. The van der Waals surface area contributed by atoms with E-state index in [-0.39, 0.29) is 35.6 Å². The van der Waals surface area contributed by atoms with Crippen LogP contribution in [0.25, 0.3) is 0 Å². The van der Waals surface area contributed by atoms with E-state index in [1.54, 1.807) is 19.3 Å². The molecule has 2 bridgehead atoms. The van der Waals surface area contributed by atoms with Gasteiger partial charge in [0.2, 0.25) is 5.56 Å². The van der Waals surface area contributed by atoms with Crippen molar-refractivity contribution in [3.8, 4) is 0 Å². The number of hydrogen-bond acceptors (Lipinski definition) is 3. The Labute approximate surface area is 152 Å². The van der Waals surface area contributed by atoms with Gasteiger partial charge in [-0.2, -0.15) is 0 Å². The van der Waals surface area contributed by atoms with Crippen molar-refractivity contribution in [3.05, 3.63) is 70.1 Å². The molecule has 3 heterocycles. The molecule has 26 heavy (non-hydrogen) atoms. The molecule has 2 aliphatic rings. The first-order chi connectivity index (χ1) is 12.5. The van der Waals surface area contributed by atoms with Crippen LogP contribution in [0, 0.1) is 5.41 Å². The Morgan fingerprint density at radius 3 is 2.65 bits per heavy atom. The first kappa shape index (κ1) is 17.0. The number of carbonyl (C=O) groups is 1. The molecule has 5 nitrogen and oxygen atoms in total. The molecule has 1 aromatic heterocycles. The fourth-order valence-electron chi connectivity index (χ4n) is 4.88. The summed E-state index contributed by atoms with van der Waals surface area (Å²) >= 11 is 0. The summed E-state index contributed by atoms with van der Waals surface area (Å²) in [6.07, 6.45) is 5.14. The smallest absolute Gasteiger partial charge is 0.255 e. The number of aliphatic hydroxyl groups is 1. The molecule has 0 spiro atoms. The maximum atomic E-state index is 13.2. The highest BCUT2D eigenvalue weighted by atomic mass is 16.3. The summed E-state index contributed by atoms with van der Waals surface area (Å²) in [5.74, 6) is -0.0310. The standard InChI is InChI=1S/C21H24N2O3/c1-22-13-16(7-10-19(22)25)20(26)23-17-8-9-18(23)21(12-17,14-24)11-15-5-3-2-4-6-15/h2-7,10,13,17-18,24H,8-9,11-12,14H2,1H3/t17-,18+,21-/m1/s1. The van der Waals surface area contributed by atoms with Crippen LogP contribution in [0.15, 0.2) is 53.5 Å². The second kappa shape index (κ2) is 6.40. The lowest BCUT2D eigenvalue weighted by molar-refractivity contribution is 0.0570. The van der Waals surface area contributed by atoms with E-state index in [4.69, 9.17) is 0 Å². The zero-order chi connectivity index (χ0) is 18.3. The predicted molar refractivity (Wildman–Crippen MR) is 98.9 cm³/mol. The lowest BCUT2D eigenvalue weighted by Gasteiger charge is -2.36. The maximum absolute atomic E-state index is 13.2. The Morgan fingerprint density at radius 2 is 1.96 bits per heavy atom. The number of pyridine rings is 1. The van der Waals surface area contributed by atoms with Crippen molar-refractivity contribution < 1.29 is 9.90 Å². The lowest BCUT2D eigenvalue weighted by Crippen LogP contribution is -2.44. The molecule has 1 N–H and O–H groups in total. The number of aryl methyl sites for hydroxylation is 1. The molecule has 0 aliphatic carbocycles. The van der Waals surface area contributed by atoms with Crippen LogP contribution in [-0.2, 0) is 13.5 Å². The molecule has 0 radical (unpaired) electrons. The molecule has 2 fully saturated rings. The van der Waals surface area contributed by atoms with Gasteiger partial charge in [-0.05, 0) is 37.3 Å². The second-order valence-corrected chi connectivity index (χ2v) is 7.71. The molecule has 1 amide bonds. The third-order valence-corrected chi connectivity index (χ3v) is 6.13. The largest absolute Gasteiger partial charge is 0.396 e. The van der Waals surface area contributed by atoms with Crippen LogP contribution in [-0.4, -0.2) is 39.2 Å². The molecule has 0 saturated carbocycles. The molecule has 3 atom stereocenters. The quantitative estimate of drug-likeness (QED) is 0.915. The number of aliphatic hydroxyl groups excluding tert-OH is 1. The van der Waals surface area contributed by atoms with Gasteiger partial charge < -0.3 is 14.6 Å². The first-order valence-corrected chi connectivity index (χ1v) is 9.18. The van der Waals surface area contributed by atoms with Crippen LogP contribution >= 0.6 is 0 Å². The molecular weight excluding hydrogens is 328 g/mol. The molecule has 2 aromatic rings.